The molecule has 0 spiro atoms. The number of fused-ring (bicyclic) bond motifs is 1. The number of halogens is 1. The normalized spacial score (nSPS) is 13.4. The Labute approximate surface area is 150 Å². The minimum absolute atomic E-state index is 0.121. The van der Waals surface area contributed by atoms with E-state index in [1.165, 1.54) is 28.6 Å². The molecule has 0 atom stereocenters. The van der Waals surface area contributed by atoms with Gasteiger partial charge in [-0.15, -0.1) is 0 Å². The van der Waals surface area contributed by atoms with Crippen LogP contribution < -0.4 is 4.31 Å². The van der Waals surface area contributed by atoms with E-state index >= 15 is 0 Å². The number of ether oxygens (including phenoxy) is 1. The Balaban J connectivity index is 1.69. The van der Waals surface area contributed by atoms with Gasteiger partial charge >= 0.3 is 5.97 Å². The molecule has 2 aromatic rings. The number of anilines is 1. The molecule has 0 N–H and O–H groups in total. The Hall–Kier alpha value is -2.74. The second-order valence-corrected chi connectivity index (χ2v) is 7.85. The summed E-state index contributed by atoms with van der Waals surface area (Å²) in [6.07, 6.45) is 1.62. The standard InChI is InChI=1S/C18H16FNO5S/c1-26(23,24)20-8-7-12-9-14(5-6-16(12)20)18(22)25-11-17(21)13-3-2-4-15(19)10-13/h2-6,9-10H,7-8,11H2,1H3. The summed E-state index contributed by atoms with van der Waals surface area (Å²) in [4.78, 5) is 24.1. The molecule has 2 aromatic carbocycles. The SMILES string of the molecule is CS(=O)(=O)N1CCc2cc(C(=O)OCC(=O)c3cccc(F)c3)ccc21. The second-order valence-electron chi connectivity index (χ2n) is 5.94. The smallest absolute Gasteiger partial charge is 0.338 e. The first-order chi connectivity index (χ1) is 12.3. The molecule has 8 heteroatoms. The molecule has 1 aliphatic rings. The van der Waals surface area contributed by atoms with Crippen molar-refractivity contribution in [3.63, 3.8) is 0 Å². The van der Waals surface area contributed by atoms with Crippen LogP contribution in [0.15, 0.2) is 42.5 Å². The van der Waals surface area contributed by atoms with Crippen molar-refractivity contribution in [1.29, 1.82) is 0 Å². The van der Waals surface area contributed by atoms with Gasteiger partial charge in [0.2, 0.25) is 10.0 Å². The topological polar surface area (TPSA) is 80.8 Å². The summed E-state index contributed by atoms with van der Waals surface area (Å²) in [7, 11) is -3.36. The molecular weight excluding hydrogens is 361 g/mol. The molecule has 0 amide bonds. The Morgan fingerprint density at radius 2 is 1.92 bits per heavy atom. The third kappa shape index (κ3) is 3.75. The van der Waals surface area contributed by atoms with E-state index in [2.05, 4.69) is 0 Å². The van der Waals surface area contributed by atoms with E-state index in [-0.39, 0.29) is 11.1 Å². The summed E-state index contributed by atoms with van der Waals surface area (Å²) >= 11 is 0. The maximum absolute atomic E-state index is 13.1. The zero-order chi connectivity index (χ0) is 18.9. The fraction of sp³-hybridized carbons (Fsp3) is 0.222. The summed E-state index contributed by atoms with van der Waals surface area (Å²) in [6.45, 7) is -0.181. The van der Waals surface area contributed by atoms with E-state index < -0.39 is 34.2 Å². The number of esters is 1. The quantitative estimate of drug-likeness (QED) is 0.589. The van der Waals surface area contributed by atoms with Gasteiger partial charge in [0.25, 0.3) is 0 Å². The van der Waals surface area contributed by atoms with E-state index in [9.17, 15) is 22.4 Å². The van der Waals surface area contributed by atoms with Gasteiger partial charge in [0, 0.05) is 12.1 Å². The third-order valence-corrected chi connectivity index (χ3v) is 5.23. The highest BCUT2D eigenvalue weighted by Crippen LogP contribution is 2.30. The number of hydrogen-bond acceptors (Lipinski definition) is 5. The zero-order valence-electron chi connectivity index (χ0n) is 13.9. The van der Waals surface area contributed by atoms with Crippen molar-refractivity contribution in [2.24, 2.45) is 0 Å². The highest BCUT2D eigenvalue weighted by molar-refractivity contribution is 7.92. The van der Waals surface area contributed by atoms with Gasteiger partial charge in [0.05, 0.1) is 17.5 Å². The lowest BCUT2D eigenvalue weighted by Gasteiger charge is -2.16. The van der Waals surface area contributed by atoms with Gasteiger partial charge in [0.1, 0.15) is 5.82 Å². The van der Waals surface area contributed by atoms with Crippen molar-refractivity contribution in [1.82, 2.24) is 0 Å². The number of hydrogen-bond donors (Lipinski definition) is 0. The summed E-state index contributed by atoms with van der Waals surface area (Å²) in [6, 6.07) is 9.70. The zero-order valence-corrected chi connectivity index (χ0v) is 14.8. The van der Waals surface area contributed by atoms with Crippen LogP contribution >= 0.6 is 0 Å². The molecule has 26 heavy (non-hydrogen) atoms. The van der Waals surface area contributed by atoms with Crippen molar-refractivity contribution in [2.45, 2.75) is 6.42 Å². The first-order valence-electron chi connectivity index (χ1n) is 7.82. The van der Waals surface area contributed by atoms with Crippen LogP contribution in [-0.2, 0) is 21.2 Å². The Morgan fingerprint density at radius 1 is 1.15 bits per heavy atom. The fourth-order valence-electron chi connectivity index (χ4n) is 2.80. The number of benzene rings is 2. The van der Waals surface area contributed by atoms with Gasteiger partial charge in [-0.1, -0.05) is 12.1 Å². The first kappa shape index (κ1) is 18.1. The van der Waals surface area contributed by atoms with Crippen molar-refractivity contribution in [2.75, 3.05) is 23.7 Å². The molecule has 0 aromatic heterocycles. The molecule has 1 aliphatic heterocycles. The largest absolute Gasteiger partial charge is 0.454 e. The lowest BCUT2D eigenvalue weighted by atomic mass is 10.1. The Bertz CT molecular complexity index is 987. The van der Waals surface area contributed by atoms with Gasteiger partial charge in [-0.25, -0.2) is 17.6 Å². The van der Waals surface area contributed by atoms with E-state index in [0.717, 1.165) is 17.9 Å². The number of nitrogens with zero attached hydrogens (tertiary/aromatic N) is 1. The summed E-state index contributed by atoms with van der Waals surface area (Å²) in [5.74, 6) is -1.76. The van der Waals surface area contributed by atoms with Gasteiger partial charge in [-0.3, -0.25) is 9.10 Å². The lowest BCUT2D eigenvalue weighted by molar-refractivity contribution is 0.0474. The van der Waals surface area contributed by atoms with E-state index in [1.807, 2.05) is 0 Å². The molecular formula is C18H16FNO5S. The molecule has 0 aliphatic carbocycles. The maximum atomic E-state index is 13.1. The van der Waals surface area contributed by atoms with Gasteiger partial charge in [0.15, 0.2) is 12.4 Å². The van der Waals surface area contributed by atoms with Crippen LogP contribution in [0.2, 0.25) is 0 Å². The third-order valence-electron chi connectivity index (χ3n) is 4.05. The second kappa shape index (κ2) is 6.87. The van der Waals surface area contributed by atoms with Crippen molar-refractivity contribution in [3.8, 4) is 0 Å². The van der Waals surface area contributed by atoms with E-state index in [0.29, 0.717) is 18.7 Å². The summed E-state index contributed by atoms with van der Waals surface area (Å²) in [5, 5.41) is 0. The number of sulfonamides is 1. The lowest BCUT2D eigenvalue weighted by Crippen LogP contribution is -2.27. The minimum Gasteiger partial charge on any atom is -0.454 e. The minimum atomic E-state index is -3.36. The number of Topliss-reactive ketones (excluding diaryl/α,β-unsaturated/α-hetero) is 1. The number of ketones is 1. The van der Waals surface area contributed by atoms with Crippen LogP contribution in [0.25, 0.3) is 0 Å². The van der Waals surface area contributed by atoms with Crippen molar-refractivity contribution < 1.29 is 27.1 Å². The first-order valence-corrected chi connectivity index (χ1v) is 9.67. The molecule has 0 saturated heterocycles. The van der Waals surface area contributed by atoms with Crippen molar-refractivity contribution in [3.05, 3.63) is 65.0 Å². The van der Waals surface area contributed by atoms with Crippen LogP contribution in [0.4, 0.5) is 10.1 Å². The summed E-state index contributed by atoms with van der Waals surface area (Å²) < 4.78 is 42.8. The molecule has 0 unspecified atom stereocenters. The molecule has 0 saturated carbocycles. The van der Waals surface area contributed by atoms with Gasteiger partial charge in [-0.05, 0) is 42.3 Å². The maximum Gasteiger partial charge on any atom is 0.338 e. The monoisotopic (exact) mass is 377 g/mol. The highest BCUT2D eigenvalue weighted by atomic mass is 32.2. The average Bonchev–Trinajstić information content (AvgIpc) is 3.02. The summed E-state index contributed by atoms with van der Waals surface area (Å²) in [5.41, 5.74) is 1.61. The molecule has 6 nitrogen and oxygen atoms in total. The number of rotatable bonds is 5. The van der Waals surface area contributed by atoms with E-state index in [1.54, 1.807) is 12.1 Å². The van der Waals surface area contributed by atoms with Crippen LogP contribution in [0.1, 0.15) is 26.3 Å². The van der Waals surface area contributed by atoms with Crippen LogP contribution in [0.5, 0.6) is 0 Å². The molecule has 1 heterocycles. The van der Waals surface area contributed by atoms with Crippen LogP contribution in [0, 0.1) is 5.82 Å². The fourth-order valence-corrected chi connectivity index (χ4v) is 3.76. The van der Waals surface area contributed by atoms with E-state index in [4.69, 9.17) is 4.74 Å². The highest BCUT2D eigenvalue weighted by Gasteiger charge is 2.27. The number of carbonyl (C=O) groups is 2. The Kier molecular flexibility index (Phi) is 4.78. The predicted molar refractivity (Wildman–Crippen MR) is 93.3 cm³/mol. The van der Waals surface area contributed by atoms with Gasteiger partial charge in [-0.2, -0.15) is 0 Å². The average molecular weight is 377 g/mol. The van der Waals surface area contributed by atoms with Crippen LogP contribution in [0.3, 0.4) is 0 Å². The Morgan fingerprint density at radius 3 is 2.62 bits per heavy atom. The number of carbonyl (C=O) groups excluding carboxylic acids is 2. The van der Waals surface area contributed by atoms with Crippen LogP contribution in [-0.4, -0.2) is 39.6 Å². The molecule has 136 valence electrons. The van der Waals surface area contributed by atoms with Crippen molar-refractivity contribution >= 4 is 27.5 Å². The molecule has 0 fully saturated rings. The predicted octanol–water partition coefficient (Wildman–Crippen LogP) is 2.19. The molecule has 3 rings (SSSR count). The molecule has 0 radical (unpaired) electrons. The van der Waals surface area contributed by atoms with Gasteiger partial charge < -0.3 is 4.74 Å². The molecule has 0 bridgehead atoms.